The third kappa shape index (κ3) is 8.79. The number of esters is 1. The number of piperidine rings is 2. The van der Waals surface area contributed by atoms with Crippen molar-refractivity contribution in [2.75, 3.05) is 33.3 Å². The molecule has 40 heavy (non-hydrogen) atoms. The van der Waals surface area contributed by atoms with E-state index in [9.17, 15) is 19.2 Å². The van der Waals surface area contributed by atoms with Gasteiger partial charge in [0.1, 0.15) is 6.04 Å². The second-order valence-electron chi connectivity index (χ2n) is 12.4. The van der Waals surface area contributed by atoms with Gasteiger partial charge in [-0.2, -0.15) is 0 Å². The highest BCUT2D eigenvalue weighted by molar-refractivity contribution is 5.93. The molecule has 3 amide bonds. The van der Waals surface area contributed by atoms with Gasteiger partial charge in [-0.25, -0.2) is 0 Å². The largest absolute Gasteiger partial charge is 0.466 e. The van der Waals surface area contributed by atoms with Crippen LogP contribution in [-0.4, -0.2) is 95.8 Å². The summed E-state index contributed by atoms with van der Waals surface area (Å²) >= 11 is 0. The summed E-state index contributed by atoms with van der Waals surface area (Å²) in [6.07, 6.45) is 5.96. The minimum absolute atomic E-state index is 0.0598. The number of rotatable bonds is 11. The molecular formula is C31H54N4O5. The first-order valence-corrected chi connectivity index (χ1v) is 15.3. The maximum Gasteiger partial charge on any atom is 0.309 e. The van der Waals surface area contributed by atoms with Crippen molar-refractivity contribution in [1.82, 2.24) is 20.0 Å². The Balaban J connectivity index is 2.12. The van der Waals surface area contributed by atoms with Crippen LogP contribution in [0.4, 0.5) is 0 Å². The van der Waals surface area contributed by atoms with Crippen LogP contribution >= 0.6 is 0 Å². The molecular weight excluding hydrogens is 508 g/mol. The molecule has 2 rings (SSSR count). The van der Waals surface area contributed by atoms with E-state index in [1.165, 1.54) is 0 Å². The van der Waals surface area contributed by atoms with Gasteiger partial charge in [0.25, 0.3) is 0 Å². The molecule has 2 heterocycles. The van der Waals surface area contributed by atoms with Crippen molar-refractivity contribution >= 4 is 23.7 Å². The molecule has 228 valence electrons. The average Bonchev–Trinajstić information content (AvgIpc) is 2.92. The lowest BCUT2D eigenvalue weighted by molar-refractivity contribution is -0.150. The maximum absolute atomic E-state index is 13.8. The molecule has 9 nitrogen and oxygen atoms in total. The zero-order valence-corrected chi connectivity index (χ0v) is 26.4. The zero-order chi connectivity index (χ0) is 30.1. The molecule has 0 saturated carbocycles. The number of ether oxygens (including phenoxy) is 1. The minimum Gasteiger partial charge on any atom is -0.466 e. The Morgan fingerprint density at radius 1 is 0.950 bits per heavy atom. The number of hydrogen-bond donors (Lipinski definition) is 1. The summed E-state index contributed by atoms with van der Waals surface area (Å²) in [5.41, 5.74) is 0.577. The first kappa shape index (κ1) is 33.8. The number of carbonyl (C=O) groups excluding carboxylic acids is 4. The Kier molecular flexibility index (Phi) is 13.1. The lowest BCUT2D eigenvalue weighted by atomic mass is 9.94. The normalized spacial score (nSPS) is 20.9. The highest BCUT2D eigenvalue weighted by Gasteiger charge is 2.36. The Labute approximate surface area is 242 Å². The Morgan fingerprint density at radius 2 is 1.57 bits per heavy atom. The van der Waals surface area contributed by atoms with Crippen LogP contribution in [0.25, 0.3) is 0 Å². The molecule has 0 aromatic rings. The maximum atomic E-state index is 13.8. The smallest absolute Gasteiger partial charge is 0.309 e. The Bertz CT molecular complexity index is 907. The molecule has 2 aliphatic heterocycles. The highest BCUT2D eigenvalue weighted by Crippen LogP contribution is 2.23. The molecule has 1 N–H and O–H groups in total. The van der Waals surface area contributed by atoms with Crippen LogP contribution < -0.4 is 5.32 Å². The standard InChI is InChI=1S/C31H54N4O5/c1-10-40-31(39)24-14-17-34(18-15-24)29(37)23(8)19-26(20(2)3)33(9)30(38)27(21(4)5)32-28(36)25-13-11-12-16-35(25)22(6)7/h19-22,24-27H,10-18H2,1-9H3,(H,32,36)/b23-19+/t25-,26-,27+/m1/s1. The Hall–Kier alpha value is -2.42. The summed E-state index contributed by atoms with van der Waals surface area (Å²) < 4.78 is 5.14. The van der Waals surface area contributed by atoms with Crippen LogP contribution in [0, 0.1) is 17.8 Å². The van der Waals surface area contributed by atoms with E-state index < -0.39 is 6.04 Å². The molecule has 0 aliphatic carbocycles. The molecule has 2 aliphatic rings. The average molecular weight is 563 g/mol. The van der Waals surface area contributed by atoms with Crippen molar-refractivity contribution in [3.63, 3.8) is 0 Å². The number of likely N-dealkylation sites (tertiary alicyclic amines) is 2. The van der Waals surface area contributed by atoms with Crippen molar-refractivity contribution in [3.05, 3.63) is 11.6 Å². The van der Waals surface area contributed by atoms with Crippen LogP contribution in [0.3, 0.4) is 0 Å². The van der Waals surface area contributed by atoms with Crippen molar-refractivity contribution in [1.29, 1.82) is 0 Å². The number of nitrogens with one attached hydrogen (secondary N) is 1. The van der Waals surface area contributed by atoms with E-state index in [2.05, 4.69) is 24.1 Å². The zero-order valence-electron chi connectivity index (χ0n) is 26.4. The van der Waals surface area contributed by atoms with E-state index in [-0.39, 0.29) is 59.6 Å². The van der Waals surface area contributed by atoms with Gasteiger partial charge in [0, 0.05) is 31.8 Å². The molecule has 3 atom stereocenters. The van der Waals surface area contributed by atoms with Crippen LogP contribution in [-0.2, 0) is 23.9 Å². The van der Waals surface area contributed by atoms with Crippen molar-refractivity contribution in [3.8, 4) is 0 Å². The highest BCUT2D eigenvalue weighted by atomic mass is 16.5. The first-order chi connectivity index (χ1) is 18.8. The van der Waals surface area contributed by atoms with Crippen LogP contribution in [0.2, 0.25) is 0 Å². The summed E-state index contributed by atoms with van der Waals surface area (Å²) in [5, 5.41) is 3.09. The van der Waals surface area contributed by atoms with Crippen molar-refractivity contribution in [2.45, 2.75) is 112 Å². The molecule has 0 spiro atoms. The predicted octanol–water partition coefficient (Wildman–Crippen LogP) is 3.62. The Morgan fingerprint density at radius 3 is 2.10 bits per heavy atom. The summed E-state index contributed by atoms with van der Waals surface area (Å²) in [6.45, 7) is 18.0. The second-order valence-corrected chi connectivity index (χ2v) is 12.4. The van der Waals surface area contributed by atoms with Gasteiger partial charge in [-0.3, -0.25) is 24.1 Å². The van der Waals surface area contributed by atoms with Crippen LogP contribution in [0.15, 0.2) is 11.6 Å². The van der Waals surface area contributed by atoms with Gasteiger partial charge in [-0.1, -0.05) is 40.2 Å². The number of carbonyl (C=O) groups is 4. The predicted molar refractivity (Wildman–Crippen MR) is 157 cm³/mol. The van der Waals surface area contributed by atoms with Crippen LogP contribution in [0.1, 0.15) is 87.5 Å². The van der Waals surface area contributed by atoms with Gasteiger partial charge in [0.15, 0.2) is 0 Å². The monoisotopic (exact) mass is 562 g/mol. The van der Waals surface area contributed by atoms with Gasteiger partial charge < -0.3 is 19.9 Å². The molecule has 2 saturated heterocycles. The number of amides is 3. The molecule has 2 fully saturated rings. The van der Waals surface area contributed by atoms with E-state index in [4.69, 9.17) is 4.74 Å². The topological polar surface area (TPSA) is 99.3 Å². The third-order valence-electron chi connectivity index (χ3n) is 8.38. The van der Waals surface area contributed by atoms with E-state index in [1.54, 1.807) is 30.7 Å². The molecule has 0 radical (unpaired) electrons. The van der Waals surface area contributed by atoms with E-state index in [0.29, 0.717) is 38.1 Å². The fraction of sp³-hybridized carbons (Fsp3) is 0.806. The third-order valence-corrected chi connectivity index (χ3v) is 8.38. The molecule has 0 aromatic carbocycles. The molecule has 0 bridgehead atoms. The number of nitrogens with zero attached hydrogens (tertiary/aromatic N) is 3. The number of hydrogen-bond acceptors (Lipinski definition) is 6. The molecule has 0 aromatic heterocycles. The summed E-state index contributed by atoms with van der Waals surface area (Å²) in [6, 6.07) is -0.921. The van der Waals surface area contributed by atoms with E-state index >= 15 is 0 Å². The van der Waals surface area contributed by atoms with Gasteiger partial charge in [0.2, 0.25) is 17.7 Å². The second kappa shape index (κ2) is 15.5. The minimum atomic E-state index is -0.652. The molecule has 0 unspecified atom stereocenters. The lowest BCUT2D eigenvalue weighted by Crippen LogP contribution is -2.58. The van der Waals surface area contributed by atoms with Crippen molar-refractivity contribution in [2.24, 2.45) is 17.8 Å². The quantitative estimate of drug-likeness (QED) is 0.305. The van der Waals surface area contributed by atoms with Crippen molar-refractivity contribution < 1.29 is 23.9 Å². The van der Waals surface area contributed by atoms with Gasteiger partial charge in [-0.05, 0) is 71.8 Å². The molecule has 9 heteroatoms. The summed E-state index contributed by atoms with van der Waals surface area (Å²) in [7, 11) is 1.76. The summed E-state index contributed by atoms with van der Waals surface area (Å²) in [5.74, 6) is -0.684. The van der Waals surface area contributed by atoms with Crippen LogP contribution in [0.5, 0.6) is 0 Å². The van der Waals surface area contributed by atoms with Gasteiger partial charge >= 0.3 is 5.97 Å². The van der Waals surface area contributed by atoms with Gasteiger partial charge in [-0.15, -0.1) is 0 Å². The fourth-order valence-corrected chi connectivity index (χ4v) is 5.89. The number of likely N-dealkylation sites (N-methyl/N-ethyl adjacent to an activating group) is 1. The van der Waals surface area contributed by atoms with Gasteiger partial charge in [0.05, 0.1) is 24.6 Å². The first-order valence-electron chi connectivity index (χ1n) is 15.3. The fourth-order valence-electron chi connectivity index (χ4n) is 5.89. The lowest BCUT2D eigenvalue weighted by Gasteiger charge is -2.39. The SMILES string of the molecule is CCOC(=O)C1CCN(C(=O)/C(C)=C/[C@H](C(C)C)N(C)C(=O)[C@@H](NC(=O)[C@H]2CCCCN2C(C)C)C(C)C)CC1. The van der Waals surface area contributed by atoms with E-state index in [1.807, 2.05) is 33.8 Å². The summed E-state index contributed by atoms with van der Waals surface area (Å²) in [4.78, 5) is 58.2. The van der Waals surface area contributed by atoms with E-state index in [0.717, 1.165) is 25.8 Å².